The van der Waals surface area contributed by atoms with Crippen LogP contribution in [0.15, 0.2) is 34.9 Å². The van der Waals surface area contributed by atoms with Crippen LogP contribution in [0.2, 0.25) is 0 Å². The fraction of sp³-hybridized carbons (Fsp3) is 0. The number of aromatic nitrogens is 2. The van der Waals surface area contributed by atoms with E-state index >= 15 is 0 Å². The summed E-state index contributed by atoms with van der Waals surface area (Å²) in [6.45, 7) is 0. The summed E-state index contributed by atoms with van der Waals surface area (Å²) >= 11 is 1.26. The molecule has 80 valence electrons. The maximum atomic E-state index is 7.59. The van der Waals surface area contributed by atoms with E-state index in [4.69, 9.17) is 15.8 Å². The molecule has 16 heavy (non-hydrogen) atoms. The first-order valence-electron chi connectivity index (χ1n) is 4.63. The molecule has 0 fully saturated rings. The van der Waals surface area contributed by atoms with Crippen LogP contribution < -0.4 is 10.6 Å². The SMILES string of the molecule is N=c1sc2c(-c3ccccc3)noc2n1N. The Bertz CT molecular complexity index is 695. The molecule has 0 aliphatic heterocycles. The van der Waals surface area contributed by atoms with E-state index in [9.17, 15) is 0 Å². The molecule has 0 amide bonds. The second kappa shape index (κ2) is 3.21. The Kier molecular flexibility index (Phi) is 1.84. The molecule has 0 unspecified atom stereocenters. The van der Waals surface area contributed by atoms with Crippen LogP contribution in [0.4, 0.5) is 0 Å². The van der Waals surface area contributed by atoms with Crippen LogP contribution in [0.3, 0.4) is 0 Å². The molecule has 6 heteroatoms. The molecule has 5 nitrogen and oxygen atoms in total. The number of nitrogen functional groups attached to an aromatic ring is 1. The van der Waals surface area contributed by atoms with E-state index < -0.39 is 0 Å². The summed E-state index contributed by atoms with van der Waals surface area (Å²) in [5.74, 6) is 5.64. The number of fused-ring (bicyclic) bond motifs is 1. The molecular weight excluding hydrogens is 224 g/mol. The Morgan fingerprint density at radius 2 is 2.06 bits per heavy atom. The molecule has 0 atom stereocenters. The molecule has 3 rings (SSSR count). The molecule has 2 aromatic heterocycles. The van der Waals surface area contributed by atoms with Gasteiger partial charge in [0.25, 0.3) is 5.71 Å². The van der Waals surface area contributed by atoms with E-state index in [1.54, 1.807) is 0 Å². The van der Waals surface area contributed by atoms with Crippen molar-refractivity contribution in [1.82, 2.24) is 9.83 Å². The predicted molar refractivity (Wildman–Crippen MR) is 61.3 cm³/mol. The fourth-order valence-electron chi connectivity index (χ4n) is 1.54. The van der Waals surface area contributed by atoms with Crippen molar-refractivity contribution in [2.24, 2.45) is 0 Å². The van der Waals surface area contributed by atoms with Crippen LogP contribution in [-0.2, 0) is 0 Å². The molecule has 0 saturated carbocycles. The highest BCUT2D eigenvalue weighted by Crippen LogP contribution is 2.28. The maximum absolute atomic E-state index is 7.59. The second-order valence-electron chi connectivity index (χ2n) is 3.31. The number of thiazole rings is 1. The van der Waals surface area contributed by atoms with Crippen LogP contribution in [0.25, 0.3) is 21.7 Å². The van der Waals surface area contributed by atoms with Gasteiger partial charge in [0.15, 0.2) is 0 Å². The van der Waals surface area contributed by atoms with Crippen molar-refractivity contribution in [3.8, 4) is 11.3 Å². The van der Waals surface area contributed by atoms with Crippen molar-refractivity contribution in [2.45, 2.75) is 0 Å². The Hall–Kier alpha value is -2.08. The van der Waals surface area contributed by atoms with E-state index in [0.29, 0.717) is 5.71 Å². The molecular formula is C10H8N4OS. The lowest BCUT2D eigenvalue weighted by molar-refractivity contribution is 0.443. The molecule has 0 bridgehead atoms. The van der Waals surface area contributed by atoms with Gasteiger partial charge in [-0.25, -0.2) is 0 Å². The third-order valence-electron chi connectivity index (χ3n) is 2.32. The topological polar surface area (TPSA) is 80.8 Å². The predicted octanol–water partition coefficient (Wildman–Crippen LogP) is 1.55. The Labute approximate surface area is 94.2 Å². The van der Waals surface area contributed by atoms with Crippen LogP contribution >= 0.6 is 11.3 Å². The lowest BCUT2D eigenvalue weighted by atomic mass is 10.2. The Balaban J connectivity index is 2.34. The molecule has 3 N–H and O–H groups in total. The quantitative estimate of drug-likeness (QED) is 0.624. The minimum atomic E-state index is 0.244. The van der Waals surface area contributed by atoms with Crippen molar-refractivity contribution in [3.05, 3.63) is 35.1 Å². The summed E-state index contributed by atoms with van der Waals surface area (Å²) in [6, 6.07) is 9.69. The van der Waals surface area contributed by atoms with Crippen LogP contribution in [-0.4, -0.2) is 9.83 Å². The zero-order valence-corrected chi connectivity index (χ0v) is 8.99. The first kappa shape index (κ1) is 9.17. The number of rotatable bonds is 1. The van der Waals surface area contributed by atoms with Gasteiger partial charge < -0.3 is 10.4 Å². The smallest absolute Gasteiger partial charge is 0.270 e. The van der Waals surface area contributed by atoms with Gasteiger partial charge in [-0.3, -0.25) is 5.41 Å². The lowest BCUT2D eigenvalue weighted by Gasteiger charge is -1.92. The molecule has 0 radical (unpaired) electrons. The molecule has 0 aliphatic carbocycles. The zero-order chi connectivity index (χ0) is 11.1. The minimum Gasteiger partial charge on any atom is -0.334 e. The summed E-state index contributed by atoms with van der Waals surface area (Å²) in [6.07, 6.45) is 0. The first-order valence-corrected chi connectivity index (χ1v) is 5.45. The molecule has 0 spiro atoms. The zero-order valence-electron chi connectivity index (χ0n) is 8.18. The van der Waals surface area contributed by atoms with Crippen molar-refractivity contribution < 1.29 is 4.52 Å². The second-order valence-corrected chi connectivity index (χ2v) is 4.31. The van der Waals surface area contributed by atoms with Gasteiger partial charge in [0.05, 0.1) is 0 Å². The third-order valence-corrected chi connectivity index (χ3v) is 3.28. The largest absolute Gasteiger partial charge is 0.334 e. The molecule has 0 saturated heterocycles. The van der Waals surface area contributed by atoms with Gasteiger partial charge in [0.2, 0.25) is 4.80 Å². The Morgan fingerprint density at radius 1 is 1.31 bits per heavy atom. The highest BCUT2D eigenvalue weighted by Gasteiger charge is 2.15. The number of benzene rings is 1. The number of nitrogens with zero attached hydrogens (tertiary/aromatic N) is 2. The number of hydrogen-bond donors (Lipinski definition) is 2. The molecule has 2 heterocycles. The lowest BCUT2D eigenvalue weighted by Crippen LogP contribution is -2.20. The van der Waals surface area contributed by atoms with E-state index in [1.807, 2.05) is 30.3 Å². The van der Waals surface area contributed by atoms with Crippen molar-refractivity contribution >= 4 is 21.8 Å². The van der Waals surface area contributed by atoms with Crippen LogP contribution in [0.1, 0.15) is 0 Å². The fourth-order valence-corrected chi connectivity index (χ4v) is 2.39. The summed E-state index contributed by atoms with van der Waals surface area (Å²) in [7, 11) is 0. The van der Waals surface area contributed by atoms with Crippen LogP contribution in [0.5, 0.6) is 0 Å². The monoisotopic (exact) mass is 232 g/mol. The average molecular weight is 232 g/mol. The van der Waals surface area contributed by atoms with Crippen LogP contribution in [0, 0.1) is 5.41 Å². The molecule has 3 aromatic rings. The highest BCUT2D eigenvalue weighted by molar-refractivity contribution is 7.16. The normalized spacial score (nSPS) is 11.0. The van der Waals surface area contributed by atoms with Crippen molar-refractivity contribution in [2.75, 3.05) is 5.84 Å². The molecule has 0 aliphatic rings. The van der Waals surface area contributed by atoms with E-state index in [-0.39, 0.29) is 4.80 Å². The van der Waals surface area contributed by atoms with Gasteiger partial charge in [0.1, 0.15) is 10.4 Å². The summed E-state index contributed by atoms with van der Waals surface area (Å²) < 4.78 is 7.13. The van der Waals surface area contributed by atoms with Gasteiger partial charge in [-0.1, -0.05) is 46.8 Å². The summed E-state index contributed by atoms with van der Waals surface area (Å²) in [5.41, 5.74) is 2.13. The van der Waals surface area contributed by atoms with Gasteiger partial charge in [-0.2, -0.15) is 4.68 Å². The summed E-state index contributed by atoms with van der Waals surface area (Å²) in [4.78, 5) is 0.244. The third kappa shape index (κ3) is 1.17. The van der Waals surface area contributed by atoms with Crippen molar-refractivity contribution in [3.63, 3.8) is 0 Å². The van der Waals surface area contributed by atoms with Gasteiger partial charge in [-0.15, -0.1) is 0 Å². The summed E-state index contributed by atoms with van der Waals surface area (Å²) in [5, 5.41) is 11.6. The maximum Gasteiger partial charge on any atom is 0.270 e. The number of nitrogens with two attached hydrogens (primary N) is 1. The average Bonchev–Trinajstić information content (AvgIpc) is 2.83. The first-order chi connectivity index (χ1) is 7.77. The van der Waals surface area contributed by atoms with Crippen molar-refractivity contribution in [1.29, 1.82) is 5.41 Å². The number of hydrogen-bond acceptors (Lipinski definition) is 5. The standard InChI is InChI=1S/C10H8N4OS/c11-10-14(12)9-8(16-10)7(13-15-9)6-4-2-1-3-5-6/h1-5,11H,12H2. The van der Waals surface area contributed by atoms with E-state index in [1.165, 1.54) is 16.0 Å². The highest BCUT2D eigenvalue weighted by atomic mass is 32.1. The van der Waals surface area contributed by atoms with Gasteiger partial charge >= 0.3 is 0 Å². The van der Waals surface area contributed by atoms with Gasteiger partial charge in [-0.05, 0) is 0 Å². The van der Waals surface area contributed by atoms with Gasteiger partial charge in [0, 0.05) is 5.56 Å². The minimum absolute atomic E-state index is 0.244. The molecule has 1 aromatic carbocycles. The van der Waals surface area contributed by atoms with E-state index in [0.717, 1.165) is 16.0 Å². The number of nitrogens with one attached hydrogen (secondary N) is 1. The van der Waals surface area contributed by atoms with E-state index in [2.05, 4.69) is 5.16 Å². The Morgan fingerprint density at radius 3 is 2.81 bits per heavy atom.